The molecule has 0 fully saturated rings. The summed E-state index contributed by atoms with van der Waals surface area (Å²) in [5.41, 5.74) is 7.32. The second-order valence-corrected chi connectivity index (χ2v) is 4.38. The van der Waals surface area contributed by atoms with Gasteiger partial charge < -0.3 is 15.4 Å². The Bertz CT molecular complexity index is 538. The number of aryl methyl sites for hydroxylation is 1. The minimum absolute atomic E-state index is 0.0720. The molecule has 0 unspecified atom stereocenters. The number of oxime groups is 1. The summed E-state index contributed by atoms with van der Waals surface area (Å²) in [6, 6.07) is 5.68. The van der Waals surface area contributed by atoms with E-state index in [1.165, 1.54) is 18.0 Å². The lowest BCUT2D eigenvalue weighted by atomic mass is 10.1. The van der Waals surface area contributed by atoms with Gasteiger partial charge in [0.2, 0.25) is 0 Å². The highest BCUT2D eigenvalue weighted by atomic mass is 32.2. The molecule has 0 aliphatic rings. The van der Waals surface area contributed by atoms with Crippen molar-refractivity contribution in [2.75, 3.05) is 0 Å². The number of hydrogen-bond acceptors (Lipinski definition) is 5. The fourth-order valence-electron chi connectivity index (χ4n) is 1.34. The van der Waals surface area contributed by atoms with Crippen molar-refractivity contribution < 1.29 is 9.62 Å². The molecular formula is C11H11N3O2S. The first-order valence-electron chi connectivity index (χ1n) is 4.86. The number of aromatic nitrogens is 1. The van der Waals surface area contributed by atoms with Crippen LogP contribution in [0, 0.1) is 6.92 Å². The second-order valence-electron chi connectivity index (χ2n) is 3.38. The highest BCUT2D eigenvalue weighted by Gasteiger charge is 2.11. The molecule has 0 radical (unpaired) electrons. The van der Waals surface area contributed by atoms with Crippen LogP contribution < -0.4 is 5.73 Å². The van der Waals surface area contributed by atoms with Gasteiger partial charge in [-0.05, 0) is 30.8 Å². The molecule has 0 atom stereocenters. The molecular weight excluding hydrogens is 238 g/mol. The monoisotopic (exact) mass is 249 g/mol. The Hall–Kier alpha value is -1.95. The van der Waals surface area contributed by atoms with E-state index in [2.05, 4.69) is 10.1 Å². The van der Waals surface area contributed by atoms with Crippen LogP contribution in [0.2, 0.25) is 0 Å². The number of amidine groups is 1. The standard InChI is InChI=1S/C11H11N3O2S/c1-7-2-3-9(8(6-7)10(12)14-15)17-11-13-4-5-16-11/h2-6,15H,1H3,(H2,12,14). The minimum atomic E-state index is 0.0720. The van der Waals surface area contributed by atoms with E-state index >= 15 is 0 Å². The lowest BCUT2D eigenvalue weighted by Gasteiger charge is -2.06. The van der Waals surface area contributed by atoms with Crippen LogP contribution in [0.4, 0.5) is 0 Å². The summed E-state index contributed by atoms with van der Waals surface area (Å²) in [6.45, 7) is 1.94. The van der Waals surface area contributed by atoms with Crippen molar-refractivity contribution in [3.63, 3.8) is 0 Å². The van der Waals surface area contributed by atoms with Crippen molar-refractivity contribution in [2.45, 2.75) is 17.0 Å². The van der Waals surface area contributed by atoms with Gasteiger partial charge in [0.15, 0.2) is 5.84 Å². The Balaban J connectivity index is 2.39. The number of oxazole rings is 1. The predicted molar refractivity (Wildman–Crippen MR) is 64.3 cm³/mol. The zero-order valence-electron chi connectivity index (χ0n) is 9.12. The fraction of sp³-hybridized carbons (Fsp3) is 0.0909. The molecule has 17 heavy (non-hydrogen) atoms. The maximum atomic E-state index is 8.74. The van der Waals surface area contributed by atoms with Gasteiger partial charge in [0.1, 0.15) is 6.26 Å². The van der Waals surface area contributed by atoms with Crippen LogP contribution in [0.1, 0.15) is 11.1 Å². The highest BCUT2D eigenvalue weighted by Crippen LogP contribution is 2.29. The molecule has 5 nitrogen and oxygen atoms in total. The molecule has 0 spiro atoms. The minimum Gasteiger partial charge on any atom is -0.440 e. The molecule has 2 rings (SSSR count). The van der Waals surface area contributed by atoms with Gasteiger partial charge in [-0.3, -0.25) is 0 Å². The average molecular weight is 249 g/mol. The molecule has 1 heterocycles. The summed E-state index contributed by atoms with van der Waals surface area (Å²) in [5.74, 6) is 0.0720. The van der Waals surface area contributed by atoms with Crippen molar-refractivity contribution in [1.29, 1.82) is 0 Å². The first kappa shape index (κ1) is 11.5. The molecule has 1 aromatic heterocycles. The van der Waals surface area contributed by atoms with Crippen LogP contribution in [0.25, 0.3) is 0 Å². The Labute approximate surface area is 102 Å². The number of rotatable bonds is 3. The molecule has 88 valence electrons. The van der Waals surface area contributed by atoms with Crippen LogP contribution in [-0.4, -0.2) is 16.0 Å². The van der Waals surface area contributed by atoms with E-state index in [0.717, 1.165) is 10.5 Å². The molecule has 3 N–H and O–H groups in total. The molecule has 6 heteroatoms. The average Bonchev–Trinajstić information content (AvgIpc) is 2.83. The molecule has 0 bridgehead atoms. The topological polar surface area (TPSA) is 84.6 Å². The summed E-state index contributed by atoms with van der Waals surface area (Å²) in [7, 11) is 0. The highest BCUT2D eigenvalue weighted by molar-refractivity contribution is 7.99. The SMILES string of the molecule is Cc1ccc(Sc2ncco2)c(/C(N)=N/O)c1. The molecule has 0 saturated heterocycles. The van der Waals surface area contributed by atoms with Crippen LogP contribution in [0.15, 0.2) is 50.4 Å². The number of benzene rings is 1. The van der Waals surface area contributed by atoms with Crippen molar-refractivity contribution in [1.82, 2.24) is 4.98 Å². The third-order valence-corrected chi connectivity index (χ3v) is 3.08. The van der Waals surface area contributed by atoms with Crippen molar-refractivity contribution in [3.05, 3.63) is 41.8 Å². The summed E-state index contributed by atoms with van der Waals surface area (Å²) in [5, 5.41) is 12.3. The number of hydrogen-bond donors (Lipinski definition) is 2. The normalized spacial score (nSPS) is 11.7. The Morgan fingerprint density at radius 3 is 3.00 bits per heavy atom. The Kier molecular flexibility index (Phi) is 3.34. The first-order chi connectivity index (χ1) is 8.20. The van der Waals surface area contributed by atoms with E-state index in [-0.39, 0.29) is 5.84 Å². The van der Waals surface area contributed by atoms with Crippen LogP contribution in [-0.2, 0) is 0 Å². The van der Waals surface area contributed by atoms with Gasteiger partial charge in [0.05, 0.1) is 6.20 Å². The summed E-state index contributed by atoms with van der Waals surface area (Å²) in [4.78, 5) is 4.84. The lowest BCUT2D eigenvalue weighted by Crippen LogP contribution is -2.14. The van der Waals surface area contributed by atoms with Gasteiger partial charge in [0.25, 0.3) is 5.22 Å². The van der Waals surface area contributed by atoms with Gasteiger partial charge in [-0.1, -0.05) is 16.8 Å². The van der Waals surface area contributed by atoms with Gasteiger partial charge in [-0.25, -0.2) is 4.98 Å². The number of nitrogens with zero attached hydrogens (tertiary/aromatic N) is 2. The van der Waals surface area contributed by atoms with Crippen LogP contribution >= 0.6 is 11.8 Å². The molecule has 0 saturated carbocycles. The van der Waals surface area contributed by atoms with Crippen molar-refractivity contribution in [3.8, 4) is 0 Å². The predicted octanol–water partition coefficient (Wildman–Crippen LogP) is 2.23. The van der Waals surface area contributed by atoms with Gasteiger partial charge in [0, 0.05) is 10.5 Å². The molecule has 0 aliphatic heterocycles. The maximum absolute atomic E-state index is 8.74. The maximum Gasteiger partial charge on any atom is 0.260 e. The smallest absolute Gasteiger partial charge is 0.260 e. The first-order valence-corrected chi connectivity index (χ1v) is 5.68. The summed E-state index contributed by atoms with van der Waals surface area (Å²) >= 11 is 1.32. The Morgan fingerprint density at radius 2 is 2.35 bits per heavy atom. The number of nitrogens with two attached hydrogens (primary N) is 1. The van der Waals surface area contributed by atoms with E-state index in [9.17, 15) is 0 Å². The van der Waals surface area contributed by atoms with Crippen LogP contribution in [0.5, 0.6) is 0 Å². The fourth-order valence-corrected chi connectivity index (χ4v) is 2.16. The van der Waals surface area contributed by atoms with Crippen molar-refractivity contribution >= 4 is 17.6 Å². The summed E-state index contributed by atoms with van der Waals surface area (Å²) in [6.07, 6.45) is 3.07. The third kappa shape index (κ3) is 2.59. The van der Waals surface area contributed by atoms with Gasteiger partial charge >= 0.3 is 0 Å². The largest absolute Gasteiger partial charge is 0.440 e. The van der Waals surface area contributed by atoms with E-state index in [1.807, 2.05) is 25.1 Å². The van der Waals surface area contributed by atoms with Gasteiger partial charge in [-0.2, -0.15) is 0 Å². The molecule has 2 aromatic rings. The van der Waals surface area contributed by atoms with E-state index in [0.29, 0.717) is 10.8 Å². The third-order valence-electron chi connectivity index (χ3n) is 2.13. The lowest BCUT2D eigenvalue weighted by molar-refractivity contribution is 0.318. The van der Waals surface area contributed by atoms with E-state index in [1.54, 1.807) is 6.20 Å². The van der Waals surface area contributed by atoms with Crippen molar-refractivity contribution in [2.24, 2.45) is 10.9 Å². The van der Waals surface area contributed by atoms with E-state index < -0.39 is 0 Å². The zero-order chi connectivity index (χ0) is 12.3. The summed E-state index contributed by atoms with van der Waals surface area (Å²) < 4.78 is 5.14. The van der Waals surface area contributed by atoms with E-state index in [4.69, 9.17) is 15.4 Å². The van der Waals surface area contributed by atoms with Gasteiger partial charge in [-0.15, -0.1) is 0 Å². The molecule has 0 amide bonds. The van der Waals surface area contributed by atoms with Crippen LogP contribution in [0.3, 0.4) is 0 Å². The quantitative estimate of drug-likeness (QED) is 0.377. The zero-order valence-corrected chi connectivity index (χ0v) is 9.94. The Morgan fingerprint density at radius 1 is 1.53 bits per heavy atom. The second kappa shape index (κ2) is 4.92. The molecule has 0 aliphatic carbocycles. The molecule has 1 aromatic carbocycles.